The van der Waals surface area contributed by atoms with Crippen molar-refractivity contribution in [3.63, 3.8) is 0 Å². The van der Waals surface area contributed by atoms with Crippen molar-refractivity contribution in [1.29, 1.82) is 0 Å². The number of nitrogens with zero attached hydrogens (tertiary/aromatic N) is 3. The van der Waals surface area contributed by atoms with Crippen LogP contribution >= 0.6 is 11.3 Å². The van der Waals surface area contributed by atoms with Crippen molar-refractivity contribution in [2.75, 3.05) is 13.1 Å². The largest absolute Gasteiger partial charge is 0.331 e. The number of hydrogen-bond donors (Lipinski definition) is 1. The molecule has 2 N–H and O–H groups in total. The molecule has 7 heteroatoms. The lowest BCUT2D eigenvalue weighted by Gasteiger charge is -2.33. The van der Waals surface area contributed by atoms with Crippen LogP contribution in [0, 0.1) is 5.92 Å². The minimum absolute atomic E-state index is 0.0111. The van der Waals surface area contributed by atoms with E-state index in [0.717, 1.165) is 31.5 Å². The van der Waals surface area contributed by atoms with Crippen molar-refractivity contribution < 1.29 is 9.59 Å². The van der Waals surface area contributed by atoms with Gasteiger partial charge < -0.3 is 10.6 Å². The number of carbonyl (C=O) groups is 2. The smallest absolute Gasteiger partial charge is 0.240 e. The minimum Gasteiger partial charge on any atom is -0.331 e. The SMILES string of the molecule is CC(C)C[C@H](C(=O)CCc1cscn1)N1CCC(CCc2ccccc2)N2C[C@H](N)C[C@H]2C1=O. The van der Waals surface area contributed by atoms with Crippen molar-refractivity contribution in [2.45, 2.75) is 83.0 Å². The molecule has 1 aromatic heterocycles. The molecule has 4 atom stereocenters. The number of Topliss-reactive ketones (excluding diaryl/α,β-unsaturated/α-hetero) is 1. The van der Waals surface area contributed by atoms with Gasteiger partial charge in [-0.05, 0) is 50.0 Å². The van der Waals surface area contributed by atoms with E-state index in [1.165, 1.54) is 5.56 Å². The molecule has 184 valence electrons. The van der Waals surface area contributed by atoms with E-state index in [4.69, 9.17) is 5.73 Å². The van der Waals surface area contributed by atoms with Crippen LogP contribution in [-0.2, 0) is 22.4 Å². The highest BCUT2D eigenvalue weighted by atomic mass is 32.1. The lowest BCUT2D eigenvalue weighted by atomic mass is 9.95. The predicted octanol–water partition coefficient (Wildman–Crippen LogP) is 3.69. The molecular weight excluding hydrogens is 444 g/mol. The van der Waals surface area contributed by atoms with Gasteiger partial charge in [-0.3, -0.25) is 14.5 Å². The molecule has 1 amide bonds. The highest BCUT2D eigenvalue weighted by Gasteiger charge is 2.45. The van der Waals surface area contributed by atoms with E-state index in [1.807, 2.05) is 16.3 Å². The average molecular weight is 483 g/mol. The molecule has 34 heavy (non-hydrogen) atoms. The van der Waals surface area contributed by atoms with Crippen molar-refractivity contribution in [2.24, 2.45) is 11.7 Å². The van der Waals surface area contributed by atoms with Crippen LogP contribution in [0.3, 0.4) is 0 Å². The zero-order valence-corrected chi connectivity index (χ0v) is 21.3. The highest BCUT2D eigenvalue weighted by molar-refractivity contribution is 7.07. The normalized spacial score (nSPS) is 24.3. The van der Waals surface area contributed by atoms with Gasteiger partial charge in [-0.25, -0.2) is 4.98 Å². The Bertz CT molecular complexity index is 933. The van der Waals surface area contributed by atoms with E-state index < -0.39 is 0 Å². The summed E-state index contributed by atoms with van der Waals surface area (Å²) in [5.41, 5.74) is 10.4. The third-order valence-corrected chi connectivity index (χ3v) is 7.91. The van der Waals surface area contributed by atoms with E-state index >= 15 is 0 Å². The van der Waals surface area contributed by atoms with Crippen LogP contribution < -0.4 is 5.73 Å². The number of ketones is 1. The molecule has 2 aromatic rings. The van der Waals surface area contributed by atoms with E-state index in [2.05, 4.69) is 48.0 Å². The van der Waals surface area contributed by atoms with Gasteiger partial charge in [0.1, 0.15) is 0 Å². The Morgan fingerprint density at radius 2 is 2.03 bits per heavy atom. The fourth-order valence-corrected chi connectivity index (χ4v) is 6.14. The number of fused-ring (bicyclic) bond motifs is 1. The second kappa shape index (κ2) is 11.6. The van der Waals surface area contributed by atoms with Gasteiger partial charge in [0.05, 0.1) is 23.3 Å². The number of thiazole rings is 1. The van der Waals surface area contributed by atoms with Crippen LogP contribution in [-0.4, -0.2) is 63.7 Å². The maximum absolute atomic E-state index is 13.8. The summed E-state index contributed by atoms with van der Waals surface area (Å²) in [5, 5.41) is 2.00. The molecule has 2 aliphatic heterocycles. The summed E-state index contributed by atoms with van der Waals surface area (Å²) in [6, 6.07) is 10.3. The fourth-order valence-electron chi connectivity index (χ4n) is 5.55. The van der Waals surface area contributed by atoms with Gasteiger partial charge in [-0.15, -0.1) is 11.3 Å². The Morgan fingerprint density at radius 3 is 2.74 bits per heavy atom. The number of benzene rings is 1. The molecule has 1 unspecified atom stereocenters. The summed E-state index contributed by atoms with van der Waals surface area (Å²) in [5.74, 6) is 0.592. The summed E-state index contributed by atoms with van der Waals surface area (Å²) in [7, 11) is 0. The van der Waals surface area contributed by atoms with E-state index in [0.29, 0.717) is 44.2 Å². The summed E-state index contributed by atoms with van der Waals surface area (Å²) in [6.45, 7) is 5.66. The first-order valence-corrected chi connectivity index (χ1v) is 13.6. The van der Waals surface area contributed by atoms with Gasteiger partial charge >= 0.3 is 0 Å². The first kappa shape index (κ1) is 25.0. The Balaban J connectivity index is 1.50. The van der Waals surface area contributed by atoms with Crippen molar-refractivity contribution in [1.82, 2.24) is 14.8 Å². The molecule has 0 radical (unpaired) electrons. The van der Waals surface area contributed by atoms with Crippen LogP contribution in [0.1, 0.15) is 57.2 Å². The average Bonchev–Trinajstić information content (AvgIpc) is 3.46. The molecule has 0 bridgehead atoms. The summed E-state index contributed by atoms with van der Waals surface area (Å²) in [4.78, 5) is 35.8. The molecule has 3 heterocycles. The third-order valence-electron chi connectivity index (χ3n) is 7.27. The topological polar surface area (TPSA) is 79.5 Å². The van der Waals surface area contributed by atoms with Gasteiger partial charge in [0.25, 0.3) is 0 Å². The summed E-state index contributed by atoms with van der Waals surface area (Å²) < 4.78 is 0. The van der Waals surface area contributed by atoms with Gasteiger partial charge in [-0.1, -0.05) is 44.2 Å². The van der Waals surface area contributed by atoms with Crippen LogP contribution in [0.4, 0.5) is 0 Å². The Morgan fingerprint density at radius 1 is 1.24 bits per heavy atom. The highest BCUT2D eigenvalue weighted by Crippen LogP contribution is 2.31. The Kier molecular flexibility index (Phi) is 8.51. The number of aryl methyl sites for hydroxylation is 2. The van der Waals surface area contributed by atoms with Crippen LogP contribution in [0.15, 0.2) is 41.2 Å². The minimum atomic E-state index is -0.363. The van der Waals surface area contributed by atoms with Gasteiger partial charge in [0, 0.05) is 37.0 Å². The number of nitrogens with two attached hydrogens (primary N) is 1. The van der Waals surface area contributed by atoms with Crippen molar-refractivity contribution in [3.05, 3.63) is 52.5 Å². The summed E-state index contributed by atoms with van der Waals surface area (Å²) >= 11 is 1.55. The molecule has 6 nitrogen and oxygen atoms in total. The third kappa shape index (κ3) is 6.12. The molecule has 2 aliphatic rings. The molecule has 1 aromatic carbocycles. The number of hydrogen-bond acceptors (Lipinski definition) is 6. The molecule has 0 saturated carbocycles. The molecule has 2 fully saturated rings. The maximum atomic E-state index is 13.8. The van der Waals surface area contributed by atoms with Crippen molar-refractivity contribution in [3.8, 4) is 0 Å². The van der Waals surface area contributed by atoms with E-state index in [9.17, 15) is 9.59 Å². The summed E-state index contributed by atoms with van der Waals surface area (Å²) in [6.07, 6.45) is 5.32. The van der Waals surface area contributed by atoms with E-state index in [-0.39, 0.29) is 29.8 Å². The first-order valence-electron chi connectivity index (χ1n) is 12.7. The second-order valence-electron chi connectivity index (χ2n) is 10.3. The number of aromatic nitrogens is 1. The van der Waals surface area contributed by atoms with E-state index in [1.54, 1.807) is 16.8 Å². The molecule has 0 aliphatic carbocycles. The van der Waals surface area contributed by atoms with Crippen molar-refractivity contribution >= 4 is 23.0 Å². The van der Waals surface area contributed by atoms with Crippen LogP contribution in [0.2, 0.25) is 0 Å². The standard InChI is InChI=1S/C27H38N4O2S/c1-19(2)14-24(26(32)11-9-22-17-34-18-29-22)30-13-12-23(10-8-20-6-4-3-5-7-20)31-16-21(28)15-25(31)27(30)33/h3-7,17-19,21,23-25H,8-16,28H2,1-2H3/t21-,23?,24-,25+/m1/s1. The fraction of sp³-hybridized carbons (Fsp3) is 0.593. The Hall–Kier alpha value is -2.09. The lowest BCUT2D eigenvalue weighted by molar-refractivity contribution is -0.142. The monoisotopic (exact) mass is 482 g/mol. The molecular formula is C27H38N4O2S. The molecule has 0 spiro atoms. The number of rotatable bonds is 10. The zero-order valence-electron chi connectivity index (χ0n) is 20.4. The second-order valence-corrected chi connectivity index (χ2v) is 11.0. The Labute approximate surface area is 207 Å². The van der Waals surface area contributed by atoms with Crippen LogP contribution in [0.25, 0.3) is 0 Å². The zero-order chi connectivity index (χ0) is 24.1. The number of amides is 1. The maximum Gasteiger partial charge on any atom is 0.240 e. The molecule has 4 rings (SSSR count). The van der Waals surface area contributed by atoms with Gasteiger partial charge in [0.2, 0.25) is 5.91 Å². The van der Waals surface area contributed by atoms with Crippen LogP contribution in [0.5, 0.6) is 0 Å². The first-order chi connectivity index (χ1) is 16.4. The number of carbonyl (C=O) groups excluding carboxylic acids is 2. The lowest BCUT2D eigenvalue weighted by Crippen LogP contribution is -2.51. The molecule has 2 saturated heterocycles. The van der Waals surface area contributed by atoms with Gasteiger partial charge in [0.15, 0.2) is 5.78 Å². The van der Waals surface area contributed by atoms with Gasteiger partial charge in [-0.2, -0.15) is 0 Å². The quantitative estimate of drug-likeness (QED) is 0.559. The predicted molar refractivity (Wildman–Crippen MR) is 137 cm³/mol.